The Morgan fingerprint density at radius 3 is 2.78 bits per heavy atom. The number of hydrogen-bond donors (Lipinski definition) is 3. The standard InChI is InChI=1S/C18H11BrFN5O2/c19-13-7-15(26)11(6-14(13)20)9-22-25-18-23-16(10-4-2-1-3-5-10)12(8-21)17(27)24-18/h1-7,9,26H,(H2,23,24,25,27). The van der Waals surface area contributed by atoms with Crippen molar-refractivity contribution in [2.75, 3.05) is 5.43 Å². The van der Waals surface area contributed by atoms with Gasteiger partial charge in [-0.2, -0.15) is 10.4 Å². The van der Waals surface area contributed by atoms with Crippen molar-refractivity contribution in [2.24, 2.45) is 5.10 Å². The van der Waals surface area contributed by atoms with Crippen LogP contribution in [0.4, 0.5) is 10.3 Å². The molecule has 0 spiro atoms. The first-order valence-electron chi connectivity index (χ1n) is 7.56. The monoisotopic (exact) mass is 427 g/mol. The molecule has 9 heteroatoms. The van der Waals surface area contributed by atoms with Gasteiger partial charge in [-0.1, -0.05) is 30.3 Å². The second-order valence-electron chi connectivity index (χ2n) is 5.31. The van der Waals surface area contributed by atoms with Crippen molar-refractivity contribution < 1.29 is 9.50 Å². The second-order valence-corrected chi connectivity index (χ2v) is 6.17. The number of H-pyrrole nitrogens is 1. The predicted molar refractivity (Wildman–Crippen MR) is 102 cm³/mol. The Bertz CT molecular complexity index is 1120. The second kappa shape index (κ2) is 7.80. The third-order valence-electron chi connectivity index (χ3n) is 3.52. The van der Waals surface area contributed by atoms with Crippen LogP contribution in [0.3, 0.4) is 0 Å². The lowest BCUT2D eigenvalue weighted by molar-refractivity contribution is 0.471. The number of hydrogen-bond acceptors (Lipinski definition) is 6. The van der Waals surface area contributed by atoms with Gasteiger partial charge in [0.1, 0.15) is 23.2 Å². The van der Waals surface area contributed by atoms with Gasteiger partial charge in [0.25, 0.3) is 5.56 Å². The van der Waals surface area contributed by atoms with E-state index in [0.717, 1.165) is 6.07 Å². The molecule has 0 radical (unpaired) electrons. The van der Waals surface area contributed by atoms with Crippen LogP contribution in [0, 0.1) is 17.1 Å². The number of halogens is 2. The first-order valence-corrected chi connectivity index (χ1v) is 8.36. The van der Waals surface area contributed by atoms with Gasteiger partial charge in [-0.25, -0.2) is 14.8 Å². The van der Waals surface area contributed by atoms with E-state index in [2.05, 4.69) is 36.4 Å². The fourth-order valence-corrected chi connectivity index (χ4v) is 2.58. The van der Waals surface area contributed by atoms with Crippen LogP contribution in [0.5, 0.6) is 5.75 Å². The number of aromatic nitrogens is 2. The van der Waals surface area contributed by atoms with E-state index in [9.17, 15) is 19.6 Å². The van der Waals surface area contributed by atoms with Crippen molar-refractivity contribution in [3.05, 3.63) is 74.2 Å². The quantitative estimate of drug-likeness (QED) is 0.436. The molecule has 0 amide bonds. The maximum atomic E-state index is 13.6. The number of nitrogens with one attached hydrogen (secondary N) is 2. The van der Waals surface area contributed by atoms with Crippen LogP contribution >= 0.6 is 15.9 Å². The highest BCUT2D eigenvalue weighted by Crippen LogP contribution is 2.24. The summed E-state index contributed by atoms with van der Waals surface area (Å²) in [5.74, 6) is -0.753. The average Bonchev–Trinajstić information content (AvgIpc) is 2.66. The summed E-state index contributed by atoms with van der Waals surface area (Å²) in [6.07, 6.45) is 1.17. The van der Waals surface area contributed by atoms with E-state index in [4.69, 9.17) is 0 Å². The molecule has 0 saturated carbocycles. The number of hydrazone groups is 1. The fourth-order valence-electron chi connectivity index (χ4n) is 2.25. The summed E-state index contributed by atoms with van der Waals surface area (Å²) in [7, 11) is 0. The number of benzene rings is 2. The normalized spacial score (nSPS) is 10.7. The number of aromatic amines is 1. The smallest absolute Gasteiger partial charge is 0.270 e. The van der Waals surface area contributed by atoms with Crippen LogP contribution < -0.4 is 11.0 Å². The molecule has 0 aliphatic carbocycles. The number of nitriles is 1. The Morgan fingerprint density at radius 2 is 2.07 bits per heavy atom. The van der Waals surface area contributed by atoms with E-state index >= 15 is 0 Å². The van der Waals surface area contributed by atoms with E-state index in [1.54, 1.807) is 30.3 Å². The van der Waals surface area contributed by atoms with Gasteiger partial charge in [0, 0.05) is 11.1 Å². The molecule has 3 aromatic rings. The molecule has 27 heavy (non-hydrogen) atoms. The number of nitrogens with zero attached hydrogens (tertiary/aromatic N) is 3. The summed E-state index contributed by atoms with van der Waals surface area (Å²) in [5.41, 5.74) is 2.69. The number of aromatic hydroxyl groups is 1. The number of phenols is 1. The van der Waals surface area contributed by atoms with Gasteiger partial charge in [-0.15, -0.1) is 0 Å². The molecule has 0 bridgehead atoms. The molecule has 0 aliphatic heterocycles. The van der Waals surface area contributed by atoms with E-state index in [-0.39, 0.29) is 33.0 Å². The van der Waals surface area contributed by atoms with Crippen LogP contribution in [0.1, 0.15) is 11.1 Å². The number of anilines is 1. The third kappa shape index (κ3) is 4.02. The first-order chi connectivity index (χ1) is 13.0. The molecular weight excluding hydrogens is 417 g/mol. The van der Waals surface area contributed by atoms with Gasteiger partial charge in [0.15, 0.2) is 0 Å². The van der Waals surface area contributed by atoms with Crippen LogP contribution in [0.15, 0.2) is 56.8 Å². The molecule has 7 nitrogen and oxygen atoms in total. The Labute approximate surface area is 161 Å². The molecule has 0 aliphatic rings. The lowest BCUT2D eigenvalue weighted by Crippen LogP contribution is -2.16. The van der Waals surface area contributed by atoms with Crippen molar-refractivity contribution in [1.82, 2.24) is 9.97 Å². The van der Waals surface area contributed by atoms with Gasteiger partial charge in [-0.05, 0) is 28.1 Å². The SMILES string of the molecule is N#Cc1c(-c2ccccc2)nc(NN=Cc2cc(F)c(Br)cc2O)[nH]c1=O. The van der Waals surface area contributed by atoms with Gasteiger partial charge < -0.3 is 5.11 Å². The van der Waals surface area contributed by atoms with Crippen LogP contribution in [0.25, 0.3) is 11.3 Å². The summed E-state index contributed by atoms with van der Waals surface area (Å²) >= 11 is 2.97. The van der Waals surface area contributed by atoms with Gasteiger partial charge in [0.2, 0.25) is 5.95 Å². The van der Waals surface area contributed by atoms with Crippen LogP contribution in [-0.2, 0) is 0 Å². The number of phenolic OH excluding ortho intramolecular Hbond substituents is 1. The minimum atomic E-state index is -0.624. The van der Waals surface area contributed by atoms with Gasteiger partial charge in [-0.3, -0.25) is 9.78 Å². The maximum Gasteiger partial charge on any atom is 0.270 e. The highest BCUT2D eigenvalue weighted by molar-refractivity contribution is 9.10. The van der Waals surface area contributed by atoms with Crippen molar-refractivity contribution >= 4 is 28.1 Å². The lowest BCUT2D eigenvalue weighted by Gasteiger charge is -2.06. The molecule has 0 saturated heterocycles. The Kier molecular flexibility index (Phi) is 5.28. The minimum Gasteiger partial charge on any atom is -0.507 e. The molecule has 0 unspecified atom stereocenters. The van der Waals surface area contributed by atoms with Crippen molar-refractivity contribution in [3.63, 3.8) is 0 Å². The van der Waals surface area contributed by atoms with Crippen LogP contribution in [-0.4, -0.2) is 21.3 Å². The van der Waals surface area contributed by atoms with Crippen molar-refractivity contribution in [3.8, 4) is 23.1 Å². The summed E-state index contributed by atoms with van der Waals surface area (Å²) in [4.78, 5) is 18.7. The highest BCUT2D eigenvalue weighted by Gasteiger charge is 2.13. The Morgan fingerprint density at radius 1 is 1.33 bits per heavy atom. The highest BCUT2D eigenvalue weighted by atomic mass is 79.9. The Hall–Kier alpha value is -3.51. The van der Waals surface area contributed by atoms with E-state index in [0.29, 0.717) is 5.56 Å². The molecular formula is C18H11BrFN5O2. The Balaban J connectivity index is 1.93. The zero-order chi connectivity index (χ0) is 19.4. The molecule has 1 aromatic heterocycles. The average molecular weight is 428 g/mol. The van der Waals surface area contributed by atoms with Gasteiger partial charge >= 0.3 is 0 Å². The summed E-state index contributed by atoms with van der Waals surface area (Å²) in [5, 5.41) is 22.9. The van der Waals surface area contributed by atoms with E-state index < -0.39 is 11.4 Å². The largest absolute Gasteiger partial charge is 0.507 e. The topological polar surface area (TPSA) is 114 Å². The van der Waals surface area contributed by atoms with Crippen molar-refractivity contribution in [1.29, 1.82) is 5.26 Å². The number of rotatable bonds is 4. The lowest BCUT2D eigenvalue weighted by atomic mass is 10.1. The van der Waals surface area contributed by atoms with Crippen molar-refractivity contribution in [2.45, 2.75) is 0 Å². The molecule has 1 heterocycles. The zero-order valence-corrected chi connectivity index (χ0v) is 15.2. The molecule has 2 aromatic carbocycles. The molecule has 0 fully saturated rings. The van der Waals surface area contributed by atoms with E-state index in [1.165, 1.54) is 12.3 Å². The fraction of sp³-hybridized carbons (Fsp3) is 0. The van der Waals surface area contributed by atoms with Crippen LogP contribution in [0.2, 0.25) is 0 Å². The third-order valence-corrected chi connectivity index (χ3v) is 4.13. The molecule has 0 atom stereocenters. The minimum absolute atomic E-state index is 0.00817. The molecule has 3 N–H and O–H groups in total. The first kappa shape index (κ1) is 18.3. The van der Waals surface area contributed by atoms with E-state index in [1.807, 2.05) is 6.07 Å². The van der Waals surface area contributed by atoms with Gasteiger partial charge in [0.05, 0.1) is 16.4 Å². The summed E-state index contributed by atoms with van der Waals surface area (Å²) in [6.45, 7) is 0. The maximum absolute atomic E-state index is 13.6. The molecule has 3 rings (SSSR count). The summed E-state index contributed by atoms with van der Waals surface area (Å²) in [6, 6.07) is 12.9. The summed E-state index contributed by atoms with van der Waals surface area (Å²) < 4.78 is 13.7. The predicted octanol–water partition coefficient (Wildman–Crippen LogP) is 3.36. The molecule has 134 valence electrons. The zero-order valence-electron chi connectivity index (χ0n) is 13.6.